The summed E-state index contributed by atoms with van der Waals surface area (Å²) in [5, 5.41) is 39.7. The highest BCUT2D eigenvalue weighted by atomic mass is 16.5. The van der Waals surface area contributed by atoms with E-state index in [9.17, 15) is 34.2 Å². The Labute approximate surface area is 214 Å². The van der Waals surface area contributed by atoms with Gasteiger partial charge < -0.3 is 40.6 Å². The van der Waals surface area contributed by atoms with Crippen molar-refractivity contribution in [1.82, 2.24) is 5.32 Å². The van der Waals surface area contributed by atoms with Crippen LogP contribution in [-0.4, -0.2) is 56.3 Å². The van der Waals surface area contributed by atoms with Crippen molar-refractivity contribution in [3.8, 4) is 28.4 Å². The SMILES string of the molecule is N[C@H](CCC(=O)O)C(=O)N[C@H](CCC(=O)O)C(=O)Oc1cc(O)c2c(=O)c(-c3ccc(O)cc3)coc2c1. The largest absolute Gasteiger partial charge is 0.508 e. The van der Waals surface area contributed by atoms with E-state index in [0.717, 1.165) is 18.4 Å². The van der Waals surface area contributed by atoms with Crippen molar-refractivity contribution in [2.75, 3.05) is 0 Å². The summed E-state index contributed by atoms with van der Waals surface area (Å²) in [5.41, 5.74) is 5.47. The van der Waals surface area contributed by atoms with Crippen molar-refractivity contribution in [2.45, 2.75) is 37.8 Å². The minimum absolute atomic E-state index is 0.00618. The van der Waals surface area contributed by atoms with Gasteiger partial charge in [0.25, 0.3) is 0 Å². The van der Waals surface area contributed by atoms with Crippen LogP contribution < -0.4 is 21.2 Å². The fourth-order valence-electron chi connectivity index (χ4n) is 3.50. The molecule has 2 atom stereocenters. The molecule has 2 aromatic carbocycles. The number of aliphatic carboxylic acids is 2. The standard InChI is InChI=1S/C25H24N2O11/c26-16(5-7-20(30)31)24(35)27-17(6-8-21(32)33)25(36)38-14-9-18(29)22-19(10-14)37-11-15(23(22)34)12-1-3-13(28)4-2-12/h1-4,9-11,16-17,28-29H,5-8,26H2,(H,27,35)(H,30,31)(H,32,33)/t16-,17-/m1/s1. The van der Waals surface area contributed by atoms with Gasteiger partial charge in [0.05, 0.1) is 11.6 Å². The molecule has 3 rings (SSSR count). The van der Waals surface area contributed by atoms with Crippen LogP contribution in [0.15, 0.2) is 51.9 Å². The number of esters is 1. The van der Waals surface area contributed by atoms with Crippen molar-refractivity contribution >= 4 is 34.8 Å². The van der Waals surface area contributed by atoms with Gasteiger partial charge in [-0.15, -0.1) is 0 Å². The molecule has 1 heterocycles. The molecule has 13 nitrogen and oxygen atoms in total. The number of hydrogen-bond acceptors (Lipinski definition) is 10. The Bertz CT molecular complexity index is 1430. The van der Waals surface area contributed by atoms with Gasteiger partial charge in [0, 0.05) is 25.0 Å². The van der Waals surface area contributed by atoms with Crippen molar-refractivity contribution < 1.29 is 48.8 Å². The molecule has 0 saturated heterocycles. The Morgan fingerprint density at radius 3 is 2.24 bits per heavy atom. The highest BCUT2D eigenvalue weighted by molar-refractivity contribution is 5.91. The third kappa shape index (κ3) is 6.85. The van der Waals surface area contributed by atoms with E-state index in [1.807, 2.05) is 0 Å². The summed E-state index contributed by atoms with van der Waals surface area (Å²) in [6.45, 7) is 0. The van der Waals surface area contributed by atoms with E-state index >= 15 is 0 Å². The zero-order valence-electron chi connectivity index (χ0n) is 19.7. The molecule has 13 heteroatoms. The number of nitrogens with one attached hydrogen (secondary N) is 1. The Hall–Kier alpha value is -4.91. The number of aromatic hydroxyl groups is 2. The number of rotatable bonds is 11. The number of phenolic OH excluding ortho intramolecular Hbond substituents is 2. The fraction of sp³-hybridized carbons (Fsp3) is 0.240. The van der Waals surface area contributed by atoms with E-state index in [2.05, 4.69) is 5.32 Å². The van der Waals surface area contributed by atoms with Crippen LogP contribution in [0.1, 0.15) is 25.7 Å². The lowest BCUT2D eigenvalue weighted by molar-refractivity contribution is -0.142. The average molecular weight is 528 g/mol. The summed E-state index contributed by atoms with van der Waals surface area (Å²) < 4.78 is 10.7. The molecule has 0 aliphatic heterocycles. The molecular weight excluding hydrogens is 504 g/mol. The molecule has 0 fully saturated rings. The van der Waals surface area contributed by atoms with Crippen molar-refractivity contribution in [3.05, 3.63) is 52.9 Å². The third-order valence-corrected chi connectivity index (χ3v) is 5.48. The van der Waals surface area contributed by atoms with Crippen LogP contribution in [0.25, 0.3) is 22.1 Å². The van der Waals surface area contributed by atoms with Gasteiger partial charge in [0.1, 0.15) is 40.5 Å². The maximum Gasteiger partial charge on any atom is 0.334 e. The first-order chi connectivity index (χ1) is 18.0. The lowest BCUT2D eigenvalue weighted by atomic mass is 10.0. The number of carbonyl (C=O) groups excluding carboxylic acids is 2. The number of carboxylic acid groups (broad SMARTS) is 2. The summed E-state index contributed by atoms with van der Waals surface area (Å²) in [6, 6.07) is 5.12. The van der Waals surface area contributed by atoms with Crippen LogP contribution in [0.5, 0.6) is 17.2 Å². The summed E-state index contributed by atoms with van der Waals surface area (Å²) in [5.74, 6) is -5.23. The molecule has 0 unspecified atom stereocenters. The Morgan fingerprint density at radius 1 is 0.974 bits per heavy atom. The molecule has 0 saturated carbocycles. The van der Waals surface area contributed by atoms with E-state index in [1.165, 1.54) is 24.3 Å². The van der Waals surface area contributed by atoms with Crippen LogP contribution in [0.3, 0.4) is 0 Å². The van der Waals surface area contributed by atoms with E-state index < -0.39 is 59.9 Å². The number of carbonyl (C=O) groups is 4. The smallest absolute Gasteiger partial charge is 0.334 e. The number of ether oxygens (including phenoxy) is 1. The summed E-state index contributed by atoms with van der Waals surface area (Å²) in [6.07, 6.45) is -0.352. The van der Waals surface area contributed by atoms with Gasteiger partial charge in [-0.1, -0.05) is 12.1 Å². The van der Waals surface area contributed by atoms with Crippen molar-refractivity contribution in [3.63, 3.8) is 0 Å². The number of hydrogen-bond donors (Lipinski definition) is 6. The Kier molecular flexibility index (Phi) is 8.65. The molecule has 0 radical (unpaired) electrons. The lowest BCUT2D eigenvalue weighted by Gasteiger charge is -2.19. The molecule has 0 aliphatic carbocycles. The molecule has 0 bridgehead atoms. The van der Waals surface area contributed by atoms with Crippen LogP contribution in [0.2, 0.25) is 0 Å². The van der Waals surface area contributed by atoms with Crippen LogP contribution >= 0.6 is 0 Å². The Morgan fingerprint density at radius 2 is 1.61 bits per heavy atom. The average Bonchev–Trinajstić information content (AvgIpc) is 2.85. The van der Waals surface area contributed by atoms with Gasteiger partial charge in [0.2, 0.25) is 11.3 Å². The van der Waals surface area contributed by atoms with E-state index in [0.29, 0.717) is 5.56 Å². The minimum atomic E-state index is -1.46. The van der Waals surface area contributed by atoms with E-state index in [1.54, 1.807) is 0 Å². The number of benzene rings is 2. The fourth-order valence-corrected chi connectivity index (χ4v) is 3.50. The lowest BCUT2D eigenvalue weighted by Crippen LogP contribution is -2.49. The summed E-state index contributed by atoms with van der Waals surface area (Å²) >= 11 is 0. The second kappa shape index (κ2) is 11.9. The minimum Gasteiger partial charge on any atom is -0.508 e. The predicted octanol–water partition coefficient (Wildman–Crippen LogP) is 1.32. The summed E-state index contributed by atoms with van der Waals surface area (Å²) in [7, 11) is 0. The molecule has 1 amide bonds. The monoisotopic (exact) mass is 528 g/mol. The van der Waals surface area contributed by atoms with Crippen LogP contribution in [0.4, 0.5) is 0 Å². The first-order valence-electron chi connectivity index (χ1n) is 11.3. The van der Waals surface area contributed by atoms with Gasteiger partial charge >= 0.3 is 17.9 Å². The topological polar surface area (TPSA) is 227 Å². The highest BCUT2D eigenvalue weighted by Gasteiger charge is 2.27. The van der Waals surface area contributed by atoms with Crippen molar-refractivity contribution in [2.24, 2.45) is 5.73 Å². The molecule has 3 aromatic rings. The maximum absolute atomic E-state index is 13.0. The summed E-state index contributed by atoms with van der Waals surface area (Å²) in [4.78, 5) is 59.8. The second-order valence-corrected chi connectivity index (χ2v) is 8.29. The van der Waals surface area contributed by atoms with Gasteiger partial charge in [-0.25, -0.2) is 4.79 Å². The van der Waals surface area contributed by atoms with Gasteiger partial charge in [0.15, 0.2) is 0 Å². The number of amides is 1. The van der Waals surface area contributed by atoms with Crippen molar-refractivity contribution in [1.29, 1.82) is 0 Å². The highest BCUT2D eigenvalue weighted by Crippen LogP contribution is 2.31. The molecule has 7 N–H and O–H groups in total. The normalized spacial score (nSPS) is 12.4. The quantitative estimate of drug-likeness (QED) is 0.153. The number of phenols is 2. The van der Waals surface area contributed by atoms with Crippen LogP contribution in [0, 0.1) is 0 Å². The predicted molar refractivity (Wildman–Crippen MR) is 131 cm³/mol. The molecular formula is C25H24N2O11. The molecule has 200 valence electrons. The van der Waals surface area contributed by atoms with E-state index in [-0.39, 0.29) is 40.9 Å². The second-order valence-electron chi connectivity index (χ2n) is 8.29. The first kappa shape index (κ1) is 27.7. The number of nitrogens with two attached hydrogens (primary N) is 1. The van der Waals surface area contributed by atoms with Crippen LogP contribution in [-0.2, 0) is 19.2 Å². The molecule has 1 aromatic heterocycles. The zero-order chi connectivity index (χ0) is 28.0. The molecule has 0 aliphatic rings. The van der Waals surface area contributed by atoms with E-state index in [4.69, 9.17) is 25.1 Å². The van der Waals surface area contributed by atoms with Gasteiger partial charge in [-0.2, -0.15) is 0 Å². The Balaban J connectivity index is 1.84. The molecule has 38 heavy (non-hydrogen) atoms. The molecule has 0 spiro atoms. The van der Waals surface area contributed by atoms with Gasteiger partial charge in [-0.05, 0) is 30.5 Å². The number of carboxylic acids is 2. The third-order valence-electron chi connectivity index (χ3n) is 5.48. The zero-order valence-corrected chi connectivity index (χ0v) is 19.7. The first-order valence-corrected chi connectivity index (χ1v) is 11.3. The number of fused-ring (bicyclic) bond motifs is 1. The maximum atomic E-state index is 13.0. The van der Waals surface area contributed by atoms with Gasteiger partial charge in [-0.3, -0.25) is 19.2 Å².